The van der Waals surface area contributed by atoms with Crippen molar-refractivity contribution in [2.45, 2.75) is 45.7 Å². The number of aryl methyl sites for hydroxylation is 2. The van der Waals surface area contributed by atoms with E-state index in [9.17, 15) is 4.79 Å². The molecule has 1 aliphatic heterocycles. The first-order chi connectivity index (χ1) is 8.67. The van der Waals surface area contributed by atoms with Crippen LogP contribution in [-0.4, -0.2) is 33.2 Å². The van der Waals surface area contributed by atoms with Gasteiger partial charge in [0.25, 0.3) is 5.91 Å². The summed E-state index contributed by atoms with van der Waals surface area (Å²) in [5, 5.41) is 13.4. The van der Waals surface area contributed by atoms with Crippen molar-refractivity contribution < 1.29 is 4.79 Å². The Labute approximate surface area is 107 Å². The molecular formula is C13H18N4O. The summed E-state index contributed by atoms with van der Waals surface area (Å²) < 4.78 is 1.71. The van der Waals surface area contributed by atoms with Gasteiger partial charge in [0.1, 0.15) is 11.7 Å². The van der Waals surface area contributed by atoms with Crippen molar-refractivity contribution in [2.75, 3.05) is 6.54 Å². The zero-order chi connectivity index (χ0) is 13.1. The number of aromatic nitrogens is 2. The number of hydrogen-bond acceptors (Lipinski definition) is 3. The minimum atomic E-state index is -0.285. The fourth-order valence-electron chi connectivity index (χ4n) is 2.41. The Morgan fingerprint density at radius 2 is 2.39 bits per heavy atom. The first-order valence-corrected chi connectivity index (χ1v) is 6.42. The summed E-state index contributed by atoms with van der Waals surface area (Å²) in [6, 6.07) is 3.74. The van der Waals surface area contributed by atoms with E-state index in [4.69, 9.17) is 5.26 Å². The number of carbonyl (C=O) groups is 1. The maximum Gasteiger partial charge on any atom is 0.273 e. The third kappa shape index (κ3) is 2.23. The molecule has 2 heterocycles. The van der Waals surface area contributed by atoms with Gasteiger partial charge in [0.2, 0.25) is 0 Å². The lowest BCUT2D eigenvalue weighted by Crippen LogP contribution is -2.43. The van der Waals surface area contributed by atoms with E-state index in [1.54, 1.807) is 15.6 Å². The summed E-state index contributed by atoms with van der Waals surface area (Å²) >= 11 is 0. The van der Waals surface area contributed by atoms with Crippen molar-refractivity contribution in [1.29, 1.82) is 5.26 Å². The fourth-order valence-corrected chi connectivity index (χ4v) is 2.41. The van der Waals surface area contributed by atoms with Crippen molar-refractivity contribution in [2.24, 2.45) is 0 Å². The number of nitrogens with zero attached hydrogens (tertiary/aromatic N) is 4. The molecule has 1 atom stereocenters. The average molecular weight is 246 g/mol. The maximum absolute atomic E-state index is 12.5. The minimum Gasteiger partial charge on any atom is -0.321 e. The second-order valence-electron chi connectivity index (χ2n) is 4.63. The lowest BCUT2D eigenvalue weighted by molar-refractivity contribution is 0.0658. The van der Waals surface area contributed by atoms with E-state index in [0.717, 1.165) is 25.0 Å². The molecule has 1 aromatic heterocycles. The van der Waals surface area contributed by atoms with Crippen LogP contribution in [0, 0.1) is 18.3 Å². The maximum atomic E-state index is 12.5. The molecule has 1 amide bonds. The van der Waals surface area contributed by atoms with E-state index in [1.807, 2.05) is 13.8 Å². The van der Waals surface area contributed by atoms with Gasteiger partial charge in [-0.05, 0) is 39.2 Å². The van der Waals surface area contributed by atoms with Crippen molar-refractivity contribution in [1.82, 2.24) is 14.7 Å². The van der Waals surface area contributed by atoms with E-state index in [2.05, 4.69) is 11.2 Å². The lowest BCUT2D eigenvalue weighted by Gasteiger charge is -2.31. The van der Waals surface area contributed by atoms with Gasteiger partial charge in [-0.25, -0.2) is 0 Å². The Morgan fingerprint density at radius 1 is 1.61 bits per heavy atom. The Bertz CT molecular complexity index is 486. The summed E-state index contributed by atoms with van der Waals surface area (Å²) in [5.41, 5.74) is 1.43. The van der Waals surface area contributed by atoms with Crippen LogP contribution in [0.25, 0.3) is 0 Å². The molecule has 1 saturated heterocycles. The predicted octanol–water partition coefficient (Wildman–Crippen LogP) is 1.73. The van der Waals surface area contributed by atoms with Crippen molar-refractivity contribution in [3.05, 3.63) is 17.5 Å². The topological polar surface area (TPSA) is 61.9 Å². The number of likely N-dealkylation sites (tertiary alicyclic amines) is 1. The van der Waals surface area contributed by atoms with Crippen LogP contribution in [0.5, 0.6) is 0 Å². The third-order valence-electron chi connectivity index (χ3n) is 3.33. The second kappa shape index (κ2) is 5.21. The highest BCUT2D eigenvalue weighted by Crippen LogP contribution is 2.19. The van der Waals surface area contributed by atoms with Gasteiger partial charge in [0.15, 0.2) is 0 Å². The van der Waals surface area contributed by atoms with Gasteiger partial charge in [-0.2, -0.15) is 10.4 Å². The van der Waals surface area contributed by atoms with E-state index in [1.165, 1.54) is 0 Å². The van der Waals surface area contributed by atoms with Crippen LogP contribution in [0.15, 0.2) is 6.07 Å². The number of piperidine rings is 1. The zero-order valence-electron chi connectivity index (χ0n) is 10.9. The molecule has 1 aromatic rings. The molecule has 18 heavy (non-hydrogen) atoms. The second-order valence-corrected chi connectivity index (χ2v) is 4.63. The number of hydrogen-bond donors (Lipinski definition) is 0. The highest BCUT2D eigenvalue weighted by atomic mass is 16.2. The molecule has 2 rings (SSSR count). The lowest BCUT2D eigenvalue weighted by atomic mass is 10.0. The molecular weight excluding hydrogens is 228 g/mol. The number of carbonyl (C=O) groups excluding carboxylic acids is 1. The first kappa shape index (κ1) is 12.6. The Morgan fingerprint density at radius 3 is 3.06 bits per heavy atom. The summed E-state index contributed by atoms with van der Waals surface area (Å²) in [5.74, 6) is -0.0660. The molecule has 0 aromatic carbocycles. The van der Waals surface area contributed by atoms with Gasteiger partial charge in [0, 0.05) is 13.1 Å². The SMILES string of the molecule is CCn1nc(C)cc1C(=O)N1CCCCC1C#N. The molecule has 5 heteroatoms. The molecule has 0 N–H and O–H groups in total. The van der Waals surface area contributed by atoms with Crippen LogP contribution >= 0.6 is 0 Å². The van der Waals surface area contributed by atoms with Crippen LogP contribution in [-0.2, 0) is 6.54 Å². The highest BCUT2D eigenvalue weighted by molar-refractivity contribution is 5.93. The average Bonchev–Trinajstić information content (AvgIpc) is 2.79. The van der Waals surface area contributed by atoms with Crippen molar-refractivity contribution in [3.63, 3.8) is 0 Å². The quantitative estimate of drug-likeness (QED) is 0.798. The Kier molecular flexibility index (Phi) is 3.66. The summed E-state index contributed by atoms with van der Waals surface area (Å²) in [6.07, 6.45) is 2.78. The van der Waals surface area contributed by atoms with Gasteiger partial charge >= 0.3 is 0 Å². The molecule has 0 bridgehead atoms. The van der Waals surface area contributed by atoms with Crippen LogP contribution in [0.2, 0.25) is 0 Å². The summed E-state index contributed by atoms with van der Waals surface area (Å²) in [6.45, 7) is 5.17. The van der Waals surface area contributed by atoms with Gasteiger partial charge in [-0.1, -0.05) is 0 Å². The first-order valence-electron chi connectivity index (χ1n) is 6.42. The number of amides is 1. The normalized spacial score (nSPS) is 19.6. The Balaban J connectivity index is 2.27. The van der Waals surface area contributed by atoms with Gasteiger partial charge < -0.3 is 4.90 Å². The van der Waals surface area contributed by atoms with Gasteiger partial charge in [0.05, 0.1) is 11.8 Å². The Hall–Kier alpha value is -1.83. The van der Waals surface area contributed by atoms with Crippen LogP contribution in [0.1, 0.15) is 42.4 Å². The van der Waals surface area contributed by atoms with Crippen molar-refractivity contribution in [3.8, 4) is 6.07 Å². The smallest absolute Gasteiger partial charge is 0.273 e. The van der Waals surface area contributed by atoms with Gasteiger partial charge in [-0.15, -0.1) is 0 Å². The number of rotatable bonds is 2. The number of nitriles is 1. The third-order valence-corrected chi connectivity index (χ3v) is 3.33. The van der Waals surface area contributed by atoms with Crippen molar-refractivity contribution >= 4 is 5.91 Å². The minimum absolute atomic E-state index is 0.0660. The molecule has 0 spiro atoms. The monoisotopic (exact) mass is 246 g/mol. The molecule has 0 radical (unpaired) electrons. The predicted molar refractivity (Wildman–Crippen MR) is 66.9 cm³/mol. The molecule has 96 valence electrons. The van der Waals surface area contributed by atoms with E-state index in [0.29, 0.717) is 18.8 Å². The van der Waals surface area contributed by atoms with Gasteiger partial charge in [-0.3, -0.25) is 9.48 Å². The standard InChI is InChI=1S/C13H18N4O/c1-3-17-12(8-10(2)15-17)13(18)16-7-5-4-6-11(16)9-14/h8,11H,3-7H2,1-2H3. The molecule has 0 saturated carbocycles. The van der Waals surface area contributed by atoms with Crippen LogP contribution < -0.4 is 0 Å². The zero-order valence-corrected chi connectivity index (χ0v) is 10.9. The van der Waals surface area contributed by atoms with Crippen LogP contribution in [0.4, 0.5) is 0 Å². The highest BCUT2D eigenvalue weighted by Gasteiger charge is 2.29. The fraction of sp³-hybridized carbons (Fsp3) is 0.615. The molecule has 5 nitrogen and oxygen atoms in total. The summed E-state index contributed by atoms with van der Waals surface area (Å²) in [7, 11) is 0. The van der Waals surface area contributed by atoms with E-state index in [-0.39, 0.29) is 11.9 Å². The largest absolute Gasteiger partial charge is 0.321 e. The molecule has 0 aliphatic carbocycles. The van der Waals surface area contributed by atoms with E-state index >= 15 is 0 Å². The van der Waals surface area contributed by atoms with E-state index < -0.39 is 0 Å². The molecule has 1 fully saturated rings. The molecule has 1 unspecified atom stereocenters. The molecule has 1 aliphatic rings. The summed E-state index contributed by atoms with van der Waals surface area (Å²) in [4.78, 5) is 14.2. The van der Waals surface area contributed by atoms with Crippen LogP contribution in [0.3, 0.4) is 0 Å².